The molecule has 94 valence electrons. The van der Waals surface area contributed by atoms with Gasteiger partial charge in [0.2, 0.25) is 0 Å². The number of hydrogen-bond donors (Lipinski definition) is 1. The van der Waals surface area contributed by atoms with E-state index in [1.807, 2.05) is 26.0 Å². The summed E-state index contributed by atoms with van der Waals surface area (Å²) >= 11 is 0. The minimum atomic E-state index is -0.369. The van der Waals surface area contributed by atoms with Gasteiger partial charge in [-0.2, -0.15) is 0 Å². The molecule has 2 heterocycles. The molecule has 0 spiro atoms. The number of nitrogens with one attached hydrogen (secondary N) is 1. The highest BCUT2D eigenvalue weighted by Crippen LogP contribution is 2.02. The van der Waals surface area contributed by atoms with Gasteiger partial charge in [-0.25, -0.2) is 4.98 Å². The zero-order valence-electron chi connectivity index (χ0n) is 10.4. The summed E-state index contributed by atoms with van der Waals surface area (Å²) in [5.74, 6) is -0.369. The third-order valence-electron chi connectivity index (χ3n) is 2.70. The standard InChI is InChI=1S/C13H15N3O2/c1-3-7-14-12(17)10-8-15-11-6-4-5-9(2)16(11)13(10)18/h4-6,8H,3,7H2,1-2H3,(H,14,17). The summed E-state index contributed by atoms with van der Waals surface area (Å²) in [5.41, 5.74) is 1.06. The lowest BCUT2D eigenvalue weighted by molar-refractivity contribution is 0.0951. The lowest BCUT2D eigenvalue weighted by Crippen LogP contribution is -2.32. The highest BCUT2D eigenvalue weighted by molar-refractivity contribution is 5.93. The third kappa shape index (κ3) is 2.11. The Morgan fingerprint density at radius 2 is 2.22 bits per heavy atom. The van der Waals surface area contributed by atoms with Crippen molar-refractivity contribution in [2.75, 3.05) is 6.54 Å². The molecule has 0 radical (unpaired) electrons. The molecular formula is C13H15N3O2. The Kier molecular flexibility index (Phi) is 3.41. The van der Waals surface area contributed by atoms with Gasteiger partial charge in [-0.3, -0.25) is 14.0 Å². The van der Waals surface area contributed by atoms with Crippen LogP contribution in [0.1, 0.15) is 29.4 Å². The SMILES string of the molecule is CCCNC(=O)c1cnc2cccc(C)n2c1=O. The van der Waals surface area contributed by atoms with Gasteiger partial charge < -0.3 is 5.32 Å². The Morgan fingerprint density at radius 3 is 2.94 bits per heavy atom. The highest BCUT2D eigenvalue weighted by Gasteiger charge is 2.13. The monoisotopic (exact) mass is 245 g/mol. The molecule has 2 aromatic heterocycles. The summed E-state index contributed by atoms with van der Waals surface area (Å²) in [6.07, 6.45) is 2.16. The Hall–Kier alpha value is -2.17. The quantitative estimate of drug-likeness (QED) is 0.882. The fourth-order valence-electron chi connectivity index (χ4n) is 1.76. The molecule has 5 nitrogen and oxygen atoms in total. The maximum Gasteiger partial charge on any atom is 0.270 e. The maximum absolute atomic E-state index is 12.2. The van der Waals surface area contributed by atoms with Crippen molar-refractivity contribution < 1.29 is 4.79 Å². The van der Waals surface area contributed by atoms with Crippen LogP contribution in [0.25, 0.3) is 5.65 Å². The Labute approximate surface area is 104 Å². The lowest BCUT2D eigenvalue weighted by Gasteiger charge is -2.06. The van der Waals surface area contributed by atoms with Crippen molar-refractivity contribution in [2.24, 2.45) is 0 Å². The number of nitrogens with zero attached hydrogens (tertiary/aromatic N) is 2. The predicted molar refractivity (Wildman–Crippen MR) is 68.8 cm³/mol. The molecule has 0 saturated heterocycles. The molecule has 2 rings (SSSR count). The molecule has 0 fully saturated rings. The van der Waals surface area contributed by atoms with E-state index < -0.39 is 0 Å². The van der Waals surface area contributed by atoms with Gasteiger partial charge in [-0.1, -0.05) is 13.0 Å². The smallest absolute Gasteiger partial charge is 0.270 e. The Bertz CT molecular complexity index is 646. The highest BCUT2D eigenvalue weighted by atomic mass is 16.2. The molecule has 0 saturated carbocycles. The van der Waals surface area contributed by atoms with Crippen molar-refractivity contribution in [3.05, 3.63) is 46.0 Å². The third-order valence-corrected chi connectivity index (χ3v) is 2.70. The van der Waals surface area contributed by atoms with Crippen molar-refractivity contribution in [1.82, 2.24) is 14.7 Å². The molecule has 0 unspecified atom stereocenters. The van der Waals surface area contributed by atoms with Crippen LogP contribution < -0.4 is 10.9 Å². The Balaban J connectivity index is 2.54. The van der Waals surface area contributed by atoms with Crippen LogP contribution in [0.5, 0.6) is 0 Å². The molecule has 0 aliphatic rings. The molecule has 1 N–H and O–H groups in total. The van der Waals surface area contributed by atoms with Gasteiger partial charge in [-0.15, -0.1) is 0 Å². The van der Waals surface area contributed by atoms with Crippen molar-refractivity contribution >= 4 is 11.6 Å². The van der Waals surface area contributed by atoms with E-state index in [0.717, 1.165) is 12.1 Å². The van der Waals surface area contributed by atoms with Crippen LogP contribution in [0.4, 0.5) is 0 Å². The number of pyridine rings is 1. The minimum absolute atomic E-state index is 0.0789. The van der Waals surface area contributed by atoms with E-state index in [-0.39, 0.29) is 17.0 Å². The van der Waals surface area contributed by atoms with Gasteiger partial charge in [0.05, 0.1) is 0 Å². The average Bonchev–Trinajstić information content (AvgIpc) is 2.36. The van der Waals surface area contributed by atoms with Gasteiger partial charge in [0.15, 0.2) is 0 Å². The van der Waals surface area contributed by atoms with Crippen LogP contribution in [0, 0.1) is 6.92 Å². The van der Waals surface area contributed by atoms with Crippen LogP contribution in [0.3, 0.4) is 0 Å². The van der Waals surface area contributed by atoms with Crippen LogP contribution in [-0.2, 0) is 0 Å². The second-order valence-corrected chi connectivity index (χ2v) is 4.09. The summed E-state index contributed by atoms with van der Waals surface area (Å²) < 4.78 is 1.45. The van der Waals surface area contributed by atoms with Crippen molar-refractivity contribution in [1.29, 1.82) is 0 Å². The van der Waals surface area contributed by atoms with Crippen molar-refractivity contribution in [2.45, 2.75) is 20.3 Å². The van der Waals surface area contributed by atoms with Crippen molar-refractivity contribution in [3.8, 4) is 0 Å². The van der Waals surface area contributed by atoms with Crippen LogP contribution in [0.2, 0.25) is 0 Å². The summed E-state index contributed by atoms with van der Waals surface area (Å²) in [6.45, 7) is 4.31. The summed E-state index contributed by atoms with van der Waals surface area (Å²) in [7, 11) is 0. The first-order valence-corrected chi connectivity index (χ1v) is 5.90. The van der Waals surface area contributed by atoms with Crippen LogP contribution >= 0.6 is 0 Å². The van der Waals surface area contributed by atoms with E-state index in [1.165, 1.54) is 10.6 Å². The second kappa shape index (κ2) is 5.00. The lowest BCUT2D eigenvalue weighted by atomic mass is 10.2. The predicted octanol–water partition coefficient (Wildman–Crippen LogP) is 1.14. The number of hydrogen-bond acceptors (Lipinski definition) is 3. The number of amides is 1. The maximum atomic E-state index is 12.2. The van der Waals surface area contributed by atoms with Gasteiger partial charge >= 0.3 is 0 Å². The number of aromatic nitrogens is 2. The molecule has 0 aliphatic heterocycles. The van der Waals surface area contributed by atoms with Gasteiger partial charge in [0, 0.05) is 18.4 Å². The van der Waals surface area contributed by atoms with Crippen LogP contribution in [0.15, 0.2) is 29.2 Å². The van der Waals surface area contributed by atoms with Gasteiger partial charge in [0.25, 0.3) is 11.5 Å². The zero-order valence-corrected chi connectivity index (χ0v) is 10.4. The van der Waals surface area contributed by atoms with Gasteiger partial charge in [-0.05, 0) is 25.5 Å². The Morgan fingerprint density at radius 1 is 1.44 bits per heavy atom. The minimum Gasteiger partial charge on any atom is -0.352 e. The van der Waals surface area contributed by atoms with E-state index in [1.54, 1.807) is 6.07 Å². The van der Waals surface area contributed by atoms with Crippen molar-refractivity contribution in [3.63, 3.8) is 0 Å². The summed E-state index contributed by atoms with van der Waals surface area (Å²) in [5, 5.41) is 2.68. The molecule has 0 bridgehead atoms. The molecule has 18 heavy (non-hydrogen) atoms. The molecule has 2 aromatic rings. The summed E-state index contributed by atoms with van der Waals surface area (Å²) in [4.78, 5) is 28.2. The number of rotatable bonds is 3. The number of carbonyl (C=O) groups excluding carboxylic acids is 1. The number of fused-ring (bicyclic) bond motifs is 1. The van der Waals surface area contributed by atoms with E-state index in [4.69, 9.17) is 0 Å². The summed E-state index contributed by atoms with van der Waals surface area (Å²) in [6, 6.07) is 5.37. The molecule has 5 heteroatoms. The molecule has 0 atom stereocenters. The molecule has 0 aromatic carbocycles. The normalized spacial score (nSPS) is 10.6. The largest absolute Gasteiger partial charge is 0.352 e. The average molecular weight is 245 g/mol. The molecule has 1 amide bonds. The zero-order chi connectivity index (χ0) is 13.1. The number of aryl methyl sites for hydroxylation is 1. The van der Waals surface area contributed by atoms with E-state index in [9.17, 15) is 9.59 Å². The first-order chi connectivity index (χ1) is 8.65. The topological polar surface area (TPSA) is 63.5 Å². The van der Waals surface area contributed by atoms with Gasteiger partial charge in [0.1, 0.15) is 11.2 Å². The first kappa shape index (κ1) is 12.3. The number of carbonyl (C=O) groups is 1. The molecular weight excluding hydrogens is 230 g/mol. The van der Waals surface area contributed by atoms with E-state index in [0.29, 0.717) is 12.2 Å². The first-order valence-electron chi connectivity index (χ1n) is 5.90. The van der Waals surface area contributed by atoms with E-state index >= 15 is 0 Å². The second-order valence-electron chi connectivity index (χ2n) is 4.09. The van der Waals surface area contributed by atoms with Crippen LogP contribution in [-0.4, -0.2) is 21.8 Å². The molecule has 0 aliphatic carbocycles. The fraction of sp³-hybridized carbons (Fsp3) is 0.308. The van der Waals surface area contributed by atoms with E-state index in [2.05, 4.69) is 10.3 Å². The fourth-order valence-corrected chi connectivity index (χ4v) is 1.76.